The van der Waals surface area contributed by atoms with Crippen LogP contribution >= 0.6 is 0 Å². The van der Waals surface area contributed by atoms with Gasteiger partial charge in [-0.05, 0) is 79.7 Å². The molecule has 2 aromatic rings. The highest BCUT2D eigenvalue weighted by atomic mass is 19.1. The van der Waals surface area contributed by atoms with Gasteiger partial charge in [0.05, 0.1) is 6.61 Å². The third-order valence-corrected chi connectivity index (χ3v) is 6.70. The molecular formula is C28H39FO2. The monoisotopic (exact) mass is 426 g/mol. The first-order chi connectivity index (χ1) is 15.2. The number of unbranched alkanes of at least 4 members (excludes halogenated alkanes) is 3. The third kappa shape index (κ3) is 7.35. The van der Waals surface area contributed by atoms with E-state index in [0.717, 1.165) is 36.7 Å². The second-order valence-electron chi connectivity index (χ2n) is 9.03. The highest BCUT2D eigenvalue weighted by molar-refractivity contribution is 5.65. The second kappa shape index (κ2) is 12.9. The van der Waals surface area contributed by atoms with Gasteiger partial charge in [0.25, 0.3) is 0 Å². The first-order valence-electron chi connectivity index (χ1n) is 12.2. The summed E-state index contributed by atoms with van der Waals surface area (Å²) in [6.45, 7) is 3.70. The first kappa shape index (κ1) is 23.8. The fraction of sp³-hybridized carbons (Fsp3) is 0.571. The zero-order valence-corrected chi connectivity index (χ0v) is 19.4. The molecule has 0 bridgehead atoms. The number of hydrogen-bond donors (Lipinski definition) is 0. The van der Waals surface area contributed by atoms with E-state index in [1.807, 2.05) is 30.3 Å². The maximum absolute atomic E-state index is 15.0. The highest BCUT2D eigenvalue weighted by Gasteiger charge is 2.22. The predicted octanol–water partition coefficient (Wildman–Crippen LogP) is 8.15. The van der Waals surface area contributed by atoms with E-state index in [9.17, 15) is 4.39 Å². The standard InChI is InChI=1S/C28H39FO2/c1-3-4-5-8-22-9-11-23(12-10-22)25-15-18-27(28(29)21-25)24-13-16-26(17-14-24)31-20-7-6-19-30-2/h13-18,21-23H,3-12,19-20H2,1-2H3. The molecule has 1 aliphatic rings. The highest BCUT2D eigenvalue weighted by Crippen LogP contribution is 2.39. The van der Waals surface area contributed by atoms with Crippen LogP contribution in [0, 0.1) is 11.7 Å². The van der Waals surface area contributed by atoms with Crippen LogP contribution in [0.4, 0.5) is 4.39 Å². The zero-order valence-electron chi connectivity index (χ0n) is 19.4. The summed E-state index contributed by atoms with van der Waals surface area (Å²) in [4.78, 5) is 0. The van der Waals surface area contributed by atoms with Crippen LogP contribution < -0.4 is 4.74 Å². The summed E-state index contributed by atoms with van der Waals surface area (Å²) in [7, 11) is 1.71. The molecule has 0 unspecified atom stereocenters. The average Bonchev–Trinajstić information content (AvgIpc) is 2.80. The van der Waals surface area contributed by atoms with Crippen LogP contribution in [0.5, 0.6) is 5.75 Å². The lowest BCUT2D eigenvalue weighted by Gasteiger charge is -2.29. The Morgan fingerprint density at radius 3 is 2.29 bits per heavy atom. The zero-order chi connectivity index (χ0) is 21.9. The van der Waals surface area contributed by atoms with E-state index in [1.165, 1.54) is 56.9 Å². The summed E-state index contributed by atoms with van der Waals surface area (Å²) < 4.78 is 25.8. The Labute approximate surface area is 188 Å². The molecule has 0 aromatic heterocycles. The van der Waals surface area contributed by atoms with E-state index >= 15 is 0 Å². The van der Waals surface area contributed by atoms with Crippen molar-refractivity contribution in [1.29, 1.82) is 0 Å². The number of rotatable bonds is 12. The Morgan fingerprint density at radius 2 is 1.61 bits per heavy atom. The second-order valence-corrected chi connectivity index (χ2v) is 9.03. The molecule has 0 aliphatic heterocycles. The van der Waals surface area contributed by atoms with Gasteiger partial charge < -0.3 is 9.47 Å². The lowest BCUT2D eigenvalue weighted by atomic mass is 9.77. The first-order valence-corrected chi connectivity index (χ1v) is 12.2. The van der Waals surface area contributed by atoms with E-state index < -0.39 is 0 Å². The topological polar surface area (TPSA) is 18.5 Å². The van der Waals surface area contributed by atoms with Crippen molar-refractivity contribution < 1.29 is 13.9 Å². The molecule has 0 radical (unpaired) electrons. The molecule has 0 spiro atoms. The molecule has 0 heterocycles. The maximum atomic E-state index is 15.0. The lowest BCUT2D eigenvalue weighted by Crippen LogP contribution is -2.13. The number of hydrogen-bond acceptors (Lipinski definition) is 2. The minimum atomic E-state index is -0.115. The molecule has 1 saturated carbocycles. The van der Waals surface area contributed by atoms with Crippen molar-refractivity contribution >= 4 is 0 Å². The summed E-state index contributed by atoms with van der Waals surface area (Å²) in [5.41, 5.74) is 2.74. The Kier molecular flexibility index (Phi) is 9.86. The number of methoxy groups -OCH3 is 1. The molecule has 0 atom stereocenters. The molecule has 2 aromatic carbocycles. The van der Waals surface area contributed by atoms with Crippen molar-refractivity contribution in [2.24, 2.45) is 5.92 Å². The molecule has 2 nitrogen and oxygen atoms in total. The van der Waals surface area contributed by atoms with E-state index in [4.69, 9.17) is 9.47 Å². The van der Waals surface area contributed by atoms with Gasteiger partial charge >= 0.3 is 0 Å². The Morgan fingerprint density at radius 1 is 0.871 bits per heavy atom. The normalized spacial score (nSPS) is 18.8. The van der Waals surface area contributed by atoms with Crippen LogP contribution in [0.3, 0.4) is 0 Å². The Balaban J connectivity index is 1.52. The van der Waals surface area contributed by atoms with Crippen LogP contribution in [0.1, 0.15) is 82.6 Å². The molecular weight excluding hydrogens is 387 g/mol. The van der Waals surface area contributed by atoms with Crippen molar-refractivity contribution in [1.82, 2.24) is 0 Å². The summed E-state index contributed by atoms with van der Waals surface area (Å²) >= 11 is 0. The van der Waals surface area contributed by atoms with Crippen molar-refractivity contribution in [2.75, 3.05) is 20.3 Å². The average molecular weight is 427 g/mol. The largest absolute Gasteiger partial charge is 0.494 e. The summed E-state index contributed by atoms with van der Waals surface area (Å²) in [5.74, 6) is 2.11. The Hall–Kier alpha value is -1.87. The van der Waals surface area contributed by atoms with Gasteiger partial charge in [-0.25, -0.2) is 4.39 Å². The van der Waals surface area contributed by atoms with Crippen molar-refractivity contribution in [3.8, 4) is 16.9 Å². The van der Waals surface area contributed by atoms with Gasteiger partial charge in [-0.15, -0.1) is 0 Å². The van der Waals surface area contributed by atoms with Crippen LogP contribution in [-0.2, 0) is 4.74 Å². The van der Waals surface area contributed by atoms with Gasteiger partial charge in [0.2, 0.25) is 0 Å². The van der Waals surface area contributed by atoms with E-state index in [2.05, 4.69) is 13.0 Å². The quantitative estimate of drug-likeness (QED) is 0.319. The van der Waals surface area contributed by atoms with Crippen molar-refractivity contribution in [2.45, 2.75) is 77.0 Å². The lowest BCUT2D eigenvalue weighted by molar-refractivity contribution is 0.184. The Bertz CT molecular complexity index is 763. The smallest absolute Gasteiger partial charge is 0.131 e. The molecule has 3 heteroatoms. The van der Waals surface area contributed by atoms with Crippen LogP contribution in [0.15, 0.2) is 42.5 Å². The number of halogens is 1. The summed E-state index contributed by atoms with van der Waals surface area (Å²) in [6, 6.07) is 13.6. The van der Waals surface area contributed by atoms with Crippen molar-refractivity contribution in [3.05, 3.63) is 53.8 Å². The molecule has 1 fully saturated rings. The van der Waals surface area contributed by atoms with E-state index in [0.29, 0.717) is 18.1 Å². The van der Waals surface area contributed by atoms with Gasteiger partial charge in [0.1, 0.15) is 11.6 Å². The number of ether oxygens (including phenoxy) is 2. The maximum Gasteiger partial charge on any atom is 0.131 e. The molecule has 0 N–H and O–H groups in total. The van der Waals surface area contributed by atoms with Gasteiger partial charge in [-0.2, -0.15) is 0 Å². The predicted molar refractivity (Wildman–Crippen MR) is 127 cm³/mol. The van der Waals surface area contributed by atoms with Crippen LogP contribution in [-0.4, -0.2) is 20.3 Å². The molecule has 3 rings (SSSR count). The fourth-order valence-electron chi connectivity index (χ4n) is 4.76. The fourth-order valence-corrected chi connectivity index (χ4v) is 4.76. The minimum Gasteiger partial charge on any atom is -0.494 e. The summed E-state index contributed by atoms with van der Waals surface area (Å²) in [5, 5.41) is 0. The summed E-state index contributed by atoms with van der Waals surface area (Å²) in [6.07, 6.45) is 12.3. The molecule has 170 valence electrons. The van der Waals surface area contributed by atoms with E-state index in [1.54, 1.807) is 13.2 Å². The SMILES string of the molecule is CCCCCC1CCC(c2ccc(-c3ccc(OCCCCOC)cc3)c(F)c2)CC1. The minimum absolute atomic E-state index is 0.115. The van der Waals surface area contributed by atoms with Gasteiger partial charge in [-0.3, -0.25) is 0 Å². The number of benzene rings is 2. The molecule has 0 amide bonds. The van der Waals surface area contributed by atoms with Gasteiger partial charge in [0, 0.05) is 19.3 Å². The van der Waals surface area contributed by atoms with E-state index in [-0.39, 0.29) is 5.82 Å². The van der Waals surface area contributed by atoms with Gasteiger partial charge in [-0.1, -0.05) is 56.9 Å². The third-order valence-electron chi connectivity index (χ3n) is 6.70. The molecule has 0 saturated heterocycles. The van der Waals surface area contributed by atoms with Crippen LogP contribution in [0.2, 0.25) is 0 Å². The van der Waals surface area contributed by atoms with Crippen LogP contribution in [0.25, 0.3) is 11.1 Å². The van der Waals surface area contributed by atoms with Crippen molar-refractivity contribution in [3.63, 3.8) is 0 Å². The molecule has 1 aliphatic carbocycles. The molecule has 31 heavy (non-hydrogen) atoms. The van der Waals surface area contributed by atoms with Gasteiger partial charge in [0.15, 0.2) is 0 Å².